The van der Waals surface area contributed by atoms with Crippen LogP contribution >= 0.6 is 11.5 Å². The maximum atomic E-state index is 12.3. The van der Waals surface area contributed by atoms with Gasteiger partial charge in [0.1, 0.15) is 4.90 Å². The van der Waals surface area contributed by atoms with Crippen LogP contribution in [-0.2, 0) is 10.0 Å². The van der Waals surface area contributed by atoms with Crippen LogP contribution in [0.2, 0.25) is 0 Å². The van der Waals surface area contributed by atoms with Crippen LogP contribution in [0.4, 0.5) is 16.5 Å². The summed E-state index contributed by atoms with van der Waals surface area (Å²) in [7, 11) is -3.95. The van der Waals surface area contributed by atoms with Crippen LogP contribution in [0.15, 0.2) is 23.1 Å². The molecule has 10 nitrogen and oxygen atoms in total. The molecule has 1 aromatic carbocycles. The van der Waals surface area contributed by atoms with Gasteiger partial charge in [-0.15, -0.1) is 0 Å². The number of nitro benzene ring substituents is 1. The third-order valence-electron chi connectivity index (χ3n) is 2.35. The topological polar surface area (TPSA) is 140 Å². The van der Waals surface area contributed by atoms with E-state index in [0.29, 0.717) is 6.54 Å². The van der Waals surface area contributed by atoms with Crippen molar-refractivity contribution >= 4 is 38.1 Å². The Kier molecular flexibility index (Phi) is 4.28. The molecule has 0 bridgehead atoms. The second-order valence-electron chi connectivity index (χ2n) is 3.74. The second kappa shape index (κ2) is 5.97. The fraction of sp³-hybridized carbons (Fsp3) is 0.222. The molecule has 0 radical (unpaired) electrons. The highest BCUT2D eigenvalue weighted by molar-refractivity contribution is 7.93. The molecule has 112 valence electrons. The molecule has 0 aliphatic carbocycles. The first kappa shape index (κ1) is 15.1. The highest BCUT2D eigenvalue weighted by atomic mass is 32.2. The lowest BCUT2D eigenvalue weighted by Gasteiger charge is -2.11. The highest BCUT2D eigenvalue weighted by Crippen LogP contribution is 2.28. The Hall–Kier alpha value is -2.34. The Morgan fingerprint density at radius 2 is 2.19 bits per heavy atom. The number of nitro groups is 1. The first-order valence-electron chi connectivity index (χ1n) is 5.64. The molecular weight excluding hydrogens is 320 g/mol. The van der Waals surface area contributed by atoms with Crippen LogP contribution in [0.3, 0.4) is 0 Å². The summed E-state index contributed by atoms with van der Waals surface area (Å²) in [4.78, 5) is 10.0. The smallest absolute Gasteiger partial charge is 0.271 e. The third-order valence-corrected chi connectivity index (χ3v) is 4.39. The largest absolute Gasteiger partial charge is 0.384 e. The fourth-order valence-electron chi connectivity index (χ4n) is 1.54. The molecular formula is C9H10N6O4S2. The Labute approximate surface area is 123 Å². The average molecular weight is 330 g/mol. The zero-order valence-corrected chi connectivity index (χ0v) is 12.3. The van der Waals surface area contributed by atoms with E-state index >= 15 is 0 Å². The van der Waals surface area contributed by atoms with Crippen LogP contribution in [0, 0.1) is 10.1 Å². The molecule has 0 atom stereocenters. The van der Waals surface area contributed by atoms with Gasteiger partial charge in [-0.3, -0.25) is 14.8 Å². The van der Waals surface area contributed by atoms with Gasteiger partial charge in [0, 0.05) is 30.2 Å². The number of hydrogen-bond donors (Lipinski definition) is 2. The van der Waals surface area contributed by atoms with Crippen molar-refractivity contribution < 1.29 is 13.3 Å². The highest BCUT2D eigenvalue weighted by Gasteiger charge is 2.22. The van der Waals surface area contributed by atoms with Crippen molar-refractivity contribution in [3.05, 3.63) is 28.3 Å². The van der Waals surface area contributed by atoms with Gasteiger partial charge in [-0.2, -0.15) is 0 Å². The Balaban J connectivity index is 2.44. The number of nitrogens with one attached hydrogen (secondary N) is 2. The van der Waals surface area contributed by atoms with E-state index in [-0.39, 0.29) is 21.4 Å². The number of benzene rings is 1. The molecule has 0 fully saturated rings. The zero-order chi connectivity index (χ0) is 15.5. The van der Waals surface area contributed by atoms with Crippen molar-refractivity contribution in [2.45, 2.75) is 11.8 Å². The van der Waals surface area contributed by atoms with Gasteiger partial charge in [0.05, 0.1) is 10.6 Å². The first-order valence-corrected chi connectivity index (χ1v) is 7.90. The van der Waals surface area contributed by atoms with E-state index < -0.39 is 14.9 Å². The first-order chi connectivity index (χ1) is 9.94. The summed E-state index contributed by atoms with van der Waals surface area (Å²) in [5.74, 6) is 0. The summed E-state index contributed by atoms with van der Waals surface area (Å²) >= 11 is 0.781. The minimum absolute atomic E-state index is 0.0100. The lowest BCUT2D eigenvalue weighted by molar-refractivity contribution is -0.384. The summed E-state index contributed by atoms with van der Waals surface area (Å²) in [6, 6.07) is 3.44. The van der Waals surface area contributed by atoms with Gasteiger partial charge in [-0.05, 0) is 18.2 Å². The number of hydrogen-bond acceptors (Lipinski definition) is 9. The van der Waals surface area contributed by atoms with Gasteiger partial charge in [0.2, 0.25) is 5.13 Å². The number of sulfonamides is 1. The predicted octanol–water partition coefficient (Wildman–Crippen LogP) is 1.07. The van der Waals surface area contributed by atoms with E-state index in [1.54, 1.807) is 6.92 Å². The summed E-state index contributed by atoms with van der Waals surface area (Å²) in [5, 5.41) is 20.3. The van der Waals surface area contributed by atoms with Crippen LogP contribution in [0.25, 0.3) is 0 Å². The molecule has 1 heterocycles. The Bertz CT molecular complexity index is 746. The lowest BCUT2D eigenvalue weighted by Crippen LogP contribution is -2.15. The van der Waals surface area contributed by atoms with Crippen molar-refractivity contribution in [1.82, 2.24) is 14.8 Å². The molecule has 0 aliphatic heterocycles. The van der Waals surface area contributed by atoms with Gasteiger partial charge in [0.25, 0.3) is 15.7 Å². The average Bonchev–Trinajstić information content (AvgIpc) is 2.91. The van der Waals surface area contributed by atoms with E-state index in [9.17, 15) is 18.5 Å². The summed E-state index contributed by atoms with van der Waals surface area (Å²) in [6.07, 6.45) is 0. The molecule has 0 saturated heterocycles. The molecule has 0 unspecified atom stereocenters. The number of aromatic nitrogens is 3. The second-order valence-corrected chi connectivity index (χ2v) is 6.12. The summed E-state index contributed by atoms with van der Waals surface area (Å²) in [6.45, 7) is 2.15. The Morgan fingerprint density at radius 1 is 1.43 bits per heavy atom. The number of nitrogens with zero attached hydrogens (tertiary/aromatic N) is 4. The molecule has 0 aliphatic rings. The fourth-order valence-corrected chi connectivity index (χ4v) is 3.29. The normalized spacial score (nSPS) is 11.1. The summed E-state index contributed by atoms with van der Waals surface area (Å²) < 4.78 is 30.2. The van der Waals surface area contributed by atoms with E-state index in [4.69, 9.17) is 0 Å². The minimum atomic E-state index is -3.95. The molecule has 21 heavy (non-hydrogen) atoms. The monoisotopic (exact) mass is 330 g/mol. The van der Waals surface area contributed by atoms with Crippen LogP contribution < -0.4 is 10.0 Å². The molecule has 2 aromatic rings. The van der Waals surface area contributed by atoms with Crippen molar-refractivity contribution in [3.8, 4) is 0 Å². The maximum absolute atomic E-state index is 12.3. The van der Waals surface area contributed by atoms with Gasteiger partial charge >= 0.3 is 0 Å². The molecule has 2 N–H and O–H groups in total. The SMILES string of the molecule is CCNc1cc([N+](=O)[O-])ccc1S(=O)(=O)Nc1nnns1. The molecule has 0 saturated carbocycles. The van der Waals surface area contributed by atoms with Crippen LogP contribution in [-0.4, -0.2) is 34.7 Å². The predicted molar refractivity (Wildman–Crippen MR) is 75.8 cm³/mol. The van der Waals surface area contributed by atoms with Gasteiger partial charge in [-0.25, -0.2) is 8.42 Å². The minimum Gasteiger partial charge on any atom is -0.384 e. The molecule has 12 heteroatoms. The third kappa shape index (κ3) is 3.41. The van der Waals surface area contributed by atoms with E-state index in [0.717, 1.165) is 29.7 Å². The zero-order valence-electron chi connectivity index (χ0n) is 10.7. The van der Waals surface area contributed by atoms with E-state index in [1.165, 1.54) is 0 Å². The number of rotatable bonds is 6. The van der Waals surface area contributed by atoms with Crippen LogP contribution in [0.5, 0.6) is 0 Å². The van der Waals surface area contributed by atoms with Crippen LogP contribution in [0.1, 0.15) is 6.92 Å². The van der Waals surface area contributed by atoms with Gasteiger partial charge in [0.15, 0.2) is 0 Å². The number of non-ortho nitro benzene ring substituents is 1. The van der Waals surface area contributed by atoms with Gasteiger partial charge in [-0.1, -0.05) is 9.59 Å². The molecule has 1 aromatic heterocycles. The lowest BCUT2D eigenvalue weighted by atomic mass is 10.3. The van der Waals surface area contributed by atoms with E-state index in [1.807, 2.05) is 0 Å². The molecule has 0 spiro atoms. The Morgan fingerprint density at radius 3 is 2.76 bits per heavy atom. The quantitative estimate of drug-likeness (QED) is 0.592. The van der Waals surface area contributed by atoms with Crippen molar-refractivity contribution in [2.75, 3.05) is 16.6 Å². The maximum Gasteiger partial charge on any atom is 0.271 e. The van der Waals surface area contributed by atoms with E-state index in [2.05, 4.69) is 24.8 Å². The van der Waals surface area contributed by atoms with Gasteiger partial charge < -0.3 is 5.32 Å². The number of anilines is 2. The molecule has 0 amide bonds. The summed E-state index contributed by atoms with van der Waals surface area (Å²) in [5.41, 5.74) is -0.0702. The van der Waals surface area contributed by atoms with Crippen molar-refractivity contribution in [2.24, 2.45) is 0 Å². The van der Waals surface area contributed by atoms with Crippen molar-refractivity contribution in [1.29, 1.82) is 0 Å². The standard InChI is InChI=1S/C9H10N6O4S2/c1-2-10-7-5-6(15(16)17)3-4-8(7)21(18,19)12-9-11-13-14-20-9/h3-5,10H,2H2,1H3,(H,11,12,14). The van der Waals surface area contributed by atoms with Crippen molar-refractivity contribution in [3.63, 3.8) is 0 Å². The molecule has 2 rings (SSSR count).